The van der Waals surface area contributed by atoms with Crippen molar-refractivity contribution in [2.45, 2.75) is 45.2 Å². The number of hydrogen-bond donors (Lipinski definition) is 3. The van der Waals surface area contributed by atoms with Crippen LogP contribution in [0.1, 0.15) is 39.5 Å². The molecule has 1 aromatic carbocycles. The minimum Gasteiger partial charge on any atom is -0.370 e. The Balaban J connectivity index is 2.16. The van der Waals surface area contributed by atoms with Gasteiger partial charge in [-0.05, 0) is 39.8 Å². The number of hydrogen-bond acceptors (Lipinski definition) is 3. The number of aliphatic imine (C=N–C) groups is 2. The van der Waals surface area contributed by atoms with E-state index in [-0.39, 0.29) is 23.1 Å². The Morgan fingerprint density at radius 3 is 1.91 bits per heavy atom. The zero-order chi connectivity index (χ0) is 16.5. The lowest BCUT2D eigenvalue weighted by atomic mass is 9.90. The summed E-state index contributed by atoms with van der Waals surface area (Å²) in [5, 5.41) is 0. The minimum absolute atomic E-state index is 0.00313. The molecule has 6 N–H and O–H groups in total. The van der Waals surface area contributed by atoms with Crippen LogP contribution in [-0.4, -0.2) is 23.1 Å². The quantitative estimate of drug-likeness (QED) is 0.565. The molecule has 7 heteroatoms. The van der Waals surface area contributed by atoms with Crippen molar-refractivity contribution in [3.8, 4) is 0 Å². The summed E-state index contributed by atoms with van der Waals surface area (Å²) >= 11 is 0. The maximum Gasteiger partial charge on any atom is 0.223 e. The maximum absolute atomic E-state index is 5.99. The molecule has 120 valence electrons. The lowest BCUT2D eigenvalue weighted by Gasteiger charge is -2.30. The van der Waals surface area contributed by atoms with Crippen LogP contribution in [0.25, 0.3) is 0 Å². The molecule has 1 heterocycles. The second-order valence-corrected chi connectivity index (χ2v) is 6.19. The predicted octanol–water partition coefficient (Wildman–Crippen LogP) is 1.51. The van der Waals surface area contributed by atoms with Crippen LogP contribution in [0.3, 0.4) is 0 Å². The highest BCUT2D eigenvalue weighted by molar-refractivity contribution is 5.93. The number of nitrogens with two attached hydrogens (primary N) is 3. The Labute approximate surface area is 130 Å². The Morgan fingerprint density at radius 2 is 1.45 bits per heavy atom. The van der Waals surface area contributed by atoms with Gasteiger partial charge in [-0.2, -0.15) is 4.99 Å². The summed E-state index contributed by atoms with van der Waals surface area (Å²) in [5.41, 5.74) is 16.9. The van der Waals surface area contributed by atoms with E-state index >= 15 is 0 Å². The molecule has 2 rings (SSSR count). The number of nitrogens with zero attached hydrogens (tertiary/aromatic N) is 2. The van der Waals surface area contributed by atoms with Gasteiger partial charge in [0, 0.05) is 5.56 Å². The zero-order valence-electron chi connectivity index (χ0n) is 13.3. The summed E-state index contributed by atoms with van der Waals surface area (Å²) in [6.45, 7) is 8.06. The summed E-state index contributed by atoms with van der Waals surface area (Å²) in [6, 6.07) is 7.36. The molecule has 0 aromatic heterocycles. The molecule has 0 radical (unpaired) electrons. The molecular formula is C15H23N5O2. The van der Waals surface area contributed by atoms with Gasteiger partial charge in [0.05, 0.1) is 16.9 Å². The van der Waals surface area contributed by atoms with Gasteiger partial charge in [-0.3, -0.25) is 0 Å². The Hall–Kier alpha value is -2.12. The average molecular weight is 305 g/mol. The highest BCUT2D eigenvalue weighted by Gasteiger charge is 2.49. The van der Waals surface area contributed by atoms with E-state index in [2.05, 4.69) is 9.98 Å². The first-order chi connectivity index (χ1) is 10.1. The molecule has 1 saturated heterocycles. The van der Waals surface area contributed by atoms with Crippen molar-refractivity contribution in [3.05, 3.63) is 29.8 Å². The first-order valence-corrected chi connectivity index (χ1v) is 7.00. The van der Waals surface area contributed by atoms with Gasteiger partial charge in [0.25, 0.3) is 0 Å². The molecule has 1 aliphatic heterocycles. The van der Waals surface area contributed by atoms with Crippen LogP contribution in [0.2, 0.25) is 0 Å². The Kier molecular flexibility index (Phi) is 4.12. The lowest BCUT2D eigenvalue weighted by molar-refractivity contribution is -0.0895. The highest BCUT2D eigenvalue weighted by Crippen LogP contribution is 2.44. The van der Waals surface area contributed by atoms with Gasteiger partial charge in [0.15, 0.2) is 12.2 Å². The molecular weight excluding hydrogens is 282 g/mol. The fraction of sp³-hybridized carbons (Fsp3) is 0.467. The Morgan fingerprint density at radius 1 is 0.955 bits per heavy atom. The van der Waals surface area contributed by atoms with Gasteiger partial charge in [0.1, 0.15) is 0 Å². The van der Waals surface area contributed by atoms with Crippen LogP contribution in [0.15, 0.2) is 34.3 Å². The number of rotatable bonds is 2. The third-order valence-corrected chi connectivity index (χ3v) is 3.91. The van der Waals surface area contributed by atoms with E-state index in [4.69, 9.17) is 26.7 Å². The van der Waals surface area contributed by atoms with Gasteiger partial charge < -0.3 is 26.7 Å². The molecule has 0 aliphatic carbocycles. The van der Waals surface area contributed by atoms with Crippen molar-refractivity contribution in [2.75, 3.05) is 0 Å². The van der Waals surface area contributed by atoms with Crippen molar-refractivity contribution in [3.63, 3.8) is 0 Å². The van der Waals surface area contributed by atoms with Crippen LogP contribution in [0.4, 0.5) is 5.69 Å². The van der Waals surface area contributed by atoms with Crippen LogP contribution in [0.5, 0.6) is 0 Å². The molecule has 7 nitrogen and oxygen atoms in total. The fourth-order valence-electron chi connectivity index (χ4n) is 1.97. The molecule has 22 heavy (non-hydrogen) atoms. The molecule has 0 amide bonds. The van der Waals surface area contributed by atoms with Gasteiger partial charge >= 0.3 is 0 Å². The smallest absolute Gasteiger partial charge is 0.223 e. The van der Waals surface area contributed by atoms with Gasteiger partial charge in [-0.15, -0.1) is 0 Å². The van der Waals surface area contributed by atoms with E-state index < -0.39 is 6.29 Å². The molecule has 0 atom stereocenters. The molecule has 1 fully saturated rings. The number of benzene rings is 1. The monoisotopic (exact) mass is 305 g/mol. The SMILES string of the molecule is CC1(C)OC(c2ccc(N=C(N)N=C(N)N)cc2)OC1(C)C. The fourth-order valence-corrected chi connectivity index (χ4v) is 1.97. The largest absolute Gasteiger partial charge is 0.370 e. The van der Waals surface area contributed by atoms with Crippen LogP contribution in [0, 0.1) is 0 Å². The van der Waals surface area contributed by atoms with E-state index in [1.165, 1.54) is 0 Å². The van der Waals surface area contributed by atoms with Crippen molar-refractivity contribution in [2.24, 2.45) is 27.2 Å². The van der Waals surface area contributed by atoms with Crippen LogP contribution >= 0.6 is 0 Å². The van der Waals surface area contributed by atoms with Crippen LogP contribution < -0.4 is 17.2 Å². The minimum atomic E-state index is -0.405. The van der Waals surface area contributed by atoms with Gasteiger partial charge in [-0.1, -0.05) is 12.1 Å². The molecule has 0 spiro atoms. The maximum atomic E-state index is 5.99. The summed E-state index contributed by atoms with van der Waals surface area (Å²) in [6.07, 6.45) is -0.405. The average Bonchev–Trinajstić information content (AvgIpc) is 2.58. The Bertz CT molecular complexity index is 585. The number of guanidine groups is 2. The van der Waals surface area contributed by atoms with E-state index in [9.17, 15) is 0 Å². The van der Waals surface area contributed by atoms with Gasteiger partial charge in [0.2, 0.25) is 5.96 Å². The highest BCUT2D eigenvalue weighted by atomic mass is 16.7. The third-order valence-electron chi connectivity index (χ3n) is 3.91. The summed E-state index contributed by atoms with van der Waals surface area (Å²) < 4.78 is 12.0. The lowest BCUT2D eigenvalue weighted by Crippen LogP contribution is -2.41. The summed E-state index contributed by atoms with van der Waals surface area (Å²) in [7, 11) is 0. The van der Waals surface area contributed by atoms with Crippen molar-refractivity contribution >= 4 is 17.6 Å². The van der Waals surface area contributed by atoms with E-state index in [1.807, 2.05) is 39.8 Å². The van der Waals surface area contributed by atoms with Crippen molar-refractivity contribution < 1.29 is 9.47 Å². The molecule has 0 unspecified atom stereocenters. The van der Waals surface area contributed by atoms with Crippen molar-refractivity contribution in [1.82, 2.24) is 0 Å². The molecule has 1 aliphatic rings. The second-order valence-electron chi connectivity index (χ2n) is 6.19. The predicted molar refractivity (Wildman–Crippen MR) is 86.6 cm³/mol. The first kappa shape index (κ1) is 16.3. The molecule has 0 saturated carbocycles. The van der Waals surface area contributed by atoms with Gasteiger partial charge in [-0.25, -0.2) is 4.99 Å². The van der Waals surface area contributed by atoms with E-state index in [0.717, 1.165) is 5.56 Å². The van der Waals surface area contributed by atoms with Crippen LogP contribution in [-0.2, 0) is 9.47 Å². The molecule has 1 aromatic rings. The third kappa shape index (κ3) is 3.37. The molecule has 0 bridgehead atoms. The second kappa shape index (κ2) is 5.58. The van der Waals surface area contributed by atoms with Crippen molar-refractivity contribution in [1.29, 1.82) is 0 Å². The first-order valence-electron chi connectivity index (χ1n) is 7.00. The summed E-state index contributed by atoms with van der Waals surface area (Å²) in [4.78, 5) is 7.75. The summed E-state index contributed by atoms with van der Waals surface area (Å²) in [5.74, 6) is -0.126. The standard InChI is InChI=1S/C15H23N5O2/c1-14(2)15(3,4)22-11(21-14)9-5-7-10(8-6-9)19-13(18)20-12(16)17/h5-8,11H,1-4H3,(H6,16,17,18,19,20). The zero-order valence-corrected chi connectivity index (χ0v) is 13.3. The number of ether oxygens (including phenoxy) is 2. The topological polar surface area (TPSA) is 121 Å². The van der Waals surface area contributed by atoms with E-state index in [0.29, 0.717) is 5.69 Å². The van der Waals surface area contributed by atoms with E-state index in [1.54, 1.807) is 12.1 Å². The normalized spacial score (nSPS) is 20.8.